The summed E-state index contributed by atoms with van der Waals surface area (Å²) in [6.45, 7) is 0.681. The first kappa shape index (κ1) is 19.4. The molecule has 5 rings (SSSR count). The van der Waals surface area contributed by atoms with Crippen LogP contribution in [0.2, 0.25) is 0 Å². The zero-order valence-corrected chi connectivity index (χ0v) is 17.0. The highest BCUT2D eigenvalue weighted by atomic mass is 19.1. The molecule has 9 nitrogen and oxygen atoms in total. The van der Waals surface area contributed by atoms with Gasteiger partial charge in [-0.25, -0.2) is 18.7 Å². The van der Waals surface area contributed by atoms with E-state index in [0.717, 1.165) is 24.4 Å². The van der Waals surface area contributed by atoms with Crippen LogP contribution >= 0.6 is 0 Å². The molecule has 1 atom stereocenters. The molecule has 1 aliphatic heterocycles. The Balaban J connectivity index is 1.26. The summed E-state index contributed by atoms with van der Waals surface area (Å²) in [6, 6.07) is 7.61. The maximum absolute atomic E-state index is 13.8. The number of carbonyl (C=O) groups is 2. The predicted octanol–water partition coefficient (Wildman–Crippen LogP) is 1.70. The Kier molecular flexibility index (Phi) is 4.76. The highest BCUT2D eigenvalue weighted by Gasteiger charge is 2.34. The summed E-state index contributed by atoms with van der Waals surface area (Å²) in [5.74, 6) is 0.0838. The lowest BCUT2D eigenvalue weighted by atomic mass is 10.2. The molecular formula is C21H22FN7O2. The smallest absolute Gasteiger partial charge is 0.291 e. The lowest BCUT2D eigenvalue weighted by Crippen LogP contribution is -2.47. The van der Waals surface area contributed by atoms with Gasteiger partial charge in [0.2, 0.25) is 5.82 Å². The molecule has 31 heavy (non-hydrogen) atoms. The van der Waals surface area contributed by atoms with Gasteiger partial charge in [-0.3, -0.25) is 14.5 Å². The normalized spacial score (nSPS) is 18.6. The molecule has 1 N–H and O–H groups in total. The van der Waals surface area contributed by atoms with Gasteiger partial charge in [0, 0.05) is 31.1 Å². The fourth-order valence-corrected chi connectivity index (χ4v) is 3.79. The number of aryl methyl sites for hydroxylation is 1. The number of hydrogen-bond acceptors (Lipinski definition) is 5. The molecule has 0 spiro atoms. The van der Waals surface area contributed by atoms with Gasteiger partial charge < -0.3 is 5.32 Å². The van der Waals surface area contributed by atoms with E-state index in [2.05, 4.69) is 20.5 Å². The summed E-state index contributed by atoms with van der Waals surface area (Å²) >= 11 is 0. The monoisotopic (exact) mass is 423 g/mol. The van der Waals surface area contributed by atoms with E-state index in [1.165, 1.54) is 17.1 Å². The Morgan fingerprint density at radius 3 is 2.81 bits per heavy atom. The number of likely N-dealkylation sites (N-methyl/N-ethyl adjacent to an activating group) is 1. The van der Waals surface area contributed by atoms with Gasteiger partial charge in [0.1, 0.15) is 24.0 Å². The fourth-order valence-electron chi connectivity index (χ4n) is 3.79. The highest BCUT2D eigenvalue weighted by Crippen LogP contribution is 2.40. The van der Waals surface area contributed by atoms with Crippen molar-refractivity contribution < 1.29 is 14.0 Å². The minimum Gasteiger partial charge on any atom is -0.337 e. The number of nitrogens with one attached hydrogen (secondary N) is 1. The van der Waals surface area contributed by atoms with Gasteiger partial charge >= 0.3 is 0 Å². The van der Waals surface area contributed by atoms with E-state index in [1.807, 2.05) is 10.7 Å². The average Bonchev–Trinajstić information content (AvgIpc) is 3.38. The predicted molar refractivity (Wildman–Crippen MR) is 109 cm³/mol. The number of hydrogen-bond donors (Lipinski definition) is 1. The number of benzene rings is 1. The second-order valence-corrected chi connectivity index (χ2v) is 7.99. The number of fused-ring (bicyclic) bond motifs is 1. The SMILES string of the molecule is CN1C(=O)C(NC(=O)c2ncn(Cc3ccccc3F)n2)CCn2nc(C3CC3)cc21. The maximum atomic E-state index is 13.8. The zero-order valence-electron chi connectivity index (χ0n) is 17.0. The summed E-state index contributed by atoms with van der Waals surface area (Å²) in [5.41, 5.74) is 1.47. The lowest BCUT2D eigenvalue weighted by molar-refractivity contribution is -0.120. The van der Waals surface area contributed by atoms with Crippen LogP contribution in [0, 0.1) is 5.82 Å². The minimum absolute atomic E-state index is 0.0650. The Morgan fingerprint density at radius 2 is 2.03 bits per heavy atom. The van der Waals surface area contributed by atoms with Crippen LogP contribution in [0.25, 0.3) is 0 Å². The molecule has 3 aromatic rings. The van der Waals surface area contributed by atoms with Crippen molar-refractivity contribution in [3.63, 3.8) is 0 Å². The van der Waals surface area contributed by atoms with Crippen LogP contribution in [0.4, 0.5) is 10.2 Å². The average molecular weight is 423 g/mol. The summed E-state index contributed by atoms with van der Waals surface area (Å²) in [6.07, 6.45) is 4.08. The van der Waals surface area contributed by atoms with Crippen molar-refractivity contribution in [2.24, 2.45) is 0 Å². The number of carbonyl (C=O) groups excluding carboxylic acids is 2. The quantitative estimate of drug-likeness (QED) is 0.674. The van der Waals surface area contributed by atoms with E-state index in [-0.39, 0.29) is 24.1 Å². The third kappa shape index (κ3) is 3.80. The summed E-state index contributed by atoms with van der Waals surface area (Å²) in [7, 11) is 1.69. The summed E-state index contributed by atoms with van der Waals surface area (Å²) in [5, 5.41) is 11.5. The Morgan fingerprint density at radius 1 is 1.23 bits per heavy atom. The highest BCUT2D eigenvalue weighted by molar-refractivity contribution is 6.00. The van der Waals surface area contributed by atoms with Gasteiger partial charge in [0.25, 0.3) is 11.8 Å². The number of nitrogens with zero attached hydrogens (tertiary/aromatic N) is 6. The number of amides is 2. The minimum atomic E-state index is -0.706. The van der Waals surface area contributed by atoms with E-state index in [4.69, 9.17) is 0 Å². The van der Waals surface area contributed by atoms with Crippen LogP contribution in [0.5, 0.6) is 0 Å². The zero-order chi connectivity index (χ0) is 21.5. The molecule has 3 heterocycles. The van der Waals surface area contributed by atoms with Crippen molar-refractivity contribution in [1.82, 2.24) is 29.9 Å². The third-order valence-electron chi connectivity index (χ3n) is 5.71. The summed E-state index contributed by atoms with van der Waals surface area (Å²) in [4.78, 5) is 31.2. The van der Waals surface area contributed by atoms with Crippen molar-refractivity contribution in [2.45, 2.75) is 44.3 Å². The number of aromatic nitrogens is 5. The first-order valence-corrected chi connectivity index (χ1v) is 10.3. The molecule has 2 aliphatic rings. The first-order chi connectivity index (χ1) is 15.0. The van der Waals surface area contributed by atoms with Crippen LogP contribution in [0.1, 0.15) is 47.1 Å². The molecule has 2 aromatic heterocycles. The molecule has 10 heteroatoms. The molecule has 160 valence electrons. The maximum Gasteiger partial charge on any atom is 0.291 e. The Bertz CT molecular complexity index is 1150. The van der Waals surface area contributed by atoms with E-state index in [1.54, 1.807) is 30.1 Å². The van der Waals surface area contributed by atoms with Gasteiger partial charge in [0.15, 0.2) is 0 Å². The van der Waals surface area contributed by atoms with Crippen LogP contribution < -0.4 is 10.2 Å². The Hall–Kier alpha value is -3.56. The topological polar surface area (TPSA) is 97.9 Å². The molecule has 1 unspecified atom stereocenters. The molecule has 1 aliphatic carbocycles. The third-order valence-corrected chi connectivity index (χ3v) is 5.71. The van der Waals surface area contributed by atoms with Crippen LogP contribution in [-0.2, 0) is 17.9 Å². The molecule has 0 radical (unpaired) electrons. The number of rotatable bonds is 5. The van der Waals surface area contributed by atoms with Crippen molar-refractivity contribution in [1.29, 1.82) is 0 Å². The first-order valence-electron chi connectivity index (χ1n) is 10.3. The van der Waals surface area contributed by atoms with Crippen LogP contribution in [0.3, 0.4) is 0 Å². The molecule has 1 saturated carbocycles. The molecule has 2 amide bonds. The van der Waals surface area contributed by atoms with Crippen molar-refractivity contribution >= 4 is 17.6 Å². The van der Waals surface area contributed by atoms with Gasteiger partial charge in [-0.1, -0.05) is 18.2 Å². The van der Waals surface area contributed by atoms with Crippen molar-refractivity contribution in [3.05, 3.63) is 59.6 Å². The molecule has 1 aromatic carbocycles. The van der Waals surface area contributed by atoms with Crippen LogP contribution in [-0.4, -0.2) is 49.4 Å². The fraction of sp³-hybridized carbons (Fsp3) is 0.381. The standard InChI is InChI=1S/C21H22FN7O2/c1-27-18-10-17(13-6-7-13)25-29(18)9-8-16(21(27)31)24-20(30)19-23-12-28(26-19)11-14-4-2-3-5-15(14)22/h2-5,10,12-13,16H,6-9,11H2,1H3,(H,24,30). The van der Waals surface area contributed by atoms with E-state index >= 15 is 0 Å². The van der Waals surface area contributed by atoms with Crippen molar-refractivity contribution in [2.75, 3.05) is 11.9 Å². The van der Waals surface area contributed by atoms with Crippen LogP contribution in [0.15, 0.2) is 36.7 Å². The molecular weight excluding hydrogens is 401 g/mol. The number of anilines is 1. The molecule has 1 fully saturated rings. The van der Waals surface area contributed by atoms with Gasteiger partial charge in [-0.15, -0.1) is 5.10 Å². The van der Waals surface area contributed by atoms with E-state index in [9.17, 15) is 14.0 Å². The largest absolute Gasteiger partial charge is 0.337 e. The number of halogens is 1. The van der Waals surface area contributed by atoms with Gasteiger partial charge in [-0.2, -0.15) is 5.10 Å². The van der Waals surface area contributed by atoms with Gasteiger partial charge in [0.05, 0.1) is 12.2 Å². The van der Waals surface area contributed by atoms with E-state index < -0.39 is 11.9 Å². The Labute approximate surface area is 177 Å². The second-order valence-electron chi connectivity index (χ2n) is 7.99. The van der Waals surface area contributed by atoms with Gasteiger partial charge in [-0.05, 0) is 25.3 Å². The molecule has 0 saturated heterocycles. The van der Waals surface area contributed by atoms with E-state index in [0.29, 0.717) is 24.4 Å². The lowest BCUT2D eigenvalue weighted by Gasteiger charge is -2.19. The second kappa shape index (κ2) is 7.60. The van der Waals surface area contributed by atoms with Crippen molar-refractivity contribution in [3.8, 4) is 0 Å². The summed E-state index contributed by atoms with van der Waals surface area (Å²) < 4.78 is 17.1. The molecule has 0 bridgehead atoms.